The summed E-state index contributed by atoms with van der Waals surface area (Å²) in [4.78, 5) is 0. The zero-order chi connectivity index (χ0) is 15.0. The molecule has 1 aromatic carbocycles. The molecule has 0 radical (unpaired) electrons. The zero-order valence-electron chi connectivity index (χ0n) is 13.8. The highest BCUT2D eigenvalue weighted by atomic mass is 32.2. The van der Waals surface area contributed by atoms with Gasteiger partial charge in [0.15, 0.2) is 0 Å². The monoisotopic (exact) mass is 293 g/mol. The molecule has 2 atom stereocenters. The summed E-state index contributed by atoms with van der Waals surface area (Å²) in [6.07, 6.45) is 2.47. The first-order valence-electron chi connectivity index (χ1n) is 7.96. The molecule has 0 saturated carbocycles. The molecule has 114 valence electrons. The fraction of sp³-hybridized carbons (Fsp3) is 0.667. The zero-order valence-corrected chi connectivity index (χ0v) is 14.6. The first-order chi connectivity index (χ1) is 9.58. The highest BCUT2D eigenvalue weighted by Gasteiger charge is 2.13. The van der Waals surface area contributed by atoms with E-state index in [1.165, 1.54) is 41.0 Å². The van der Waals surface area contributed by atoms with Crippen LogP contribution in [0, 0.1) is 19.8 Å². The van der Waals surface area contributed by atoms with Crippen LogP contribution in [0.3, 0.4) is 0 Å². The van der Waals surface area contributed by atoms with Gasteiger partial charge in [0.25, 0.3) is 0 Å². The van der Waals surface area contributed by atoms with E-state index in [0.29, 0.717) is 6.04 Å². The Kier molecular flexibility index (Phi) is 8.32. The van der Waals surface area contributed by atoms with Crippen LogP contribution in [0.1, 0.15) is 56.3 Å². The van der Waals surface area contributed by atoms with Crippen LogP contribution in [0.2, 0.25) is 0 Å². The summed E-state index contributed by atoms with van der Waals surface area (Å²) >= 11 is 2.09. The number of thioether (sulfide) groups is 1. The molecule has 0 aliphatic rings. The van der Waals surface area contributed by atoms with Crippen LogP contribution in [-0.4, -0.2) is 18.1 Å². The maximum atomic E-state index is 3.72. The molecule has 0 saturated heterocycles. The Bertz CT molecular complexity index is 389. The van der Waals surface area contributed by atoms with E-state index in [2.05, 4.69) is 69.9 Å². The maximum Gasteiger partial charge on any atom is 0.0414 e. The van der Waals surface area contributed by atoms with Crippen molar-refractivity contribution >= 4 is 11.8 Å². The molecular weight excluding hydrogens is 262 g/mol. The molecule has 0 fully saturated rings. The molecule has 0 amide bonds. The first kappa shape index (κ1) is 17.6. The highest BCUT2D eigenvalue weighted by molar-refractivity contribution is 7.99. The number of nitrogens with one attached hydrogen (secondary N) is 1. The third-order valence-corrected chi connectivity index (χ3v) is 5.20. The van der Waals surface area contributed by atoms with Crippen LogP contribution in [0.15, 0.2) is 18.2 Å². The number of benzene rings is 1. The Morgan fingerprint density at radius 3 is 2.50 bits per heavy atom. The highest BCUT2D eigenvalue weighted by Crippen LogP contribution is 2.24. The predicted molar refractivity (Wildman–Crippen MR) is 93.7 cm³/mol. The van der Waals surface area contributed by atoms with E-state index < -0.39 is 0 Å². The molecule has 2 unspecified atom stereocenters. The van der Waals surface area contributed by atoms with E-state index in [1.807, 2.05) is 0 Å². The SMILES string of the molecule is CCCNC(CSCC(C)CC)c1ccc(C)cc1C. The van der Waals surface area contributed by atoms with Gasteiger partial charge in [-0.2, -0.15) is 11.8 Å². The quantitative estimate of drug-likeness (QED) is 0.678. The van der Waals surface area contributed by atoms with Crippen LogP contribution in [0.25, 0.3) is 0 Å². The molecule has 20 heavy (non-hydrogen) atoms. The van der Waals surface area contributed by atoms with E-state index in [-0.39, 0.29) is 0 Å². The predicted octanol–water partition coefficient (Wildman–Crippen LogP) is 5.12. The van der Waals surface area contributed by atoms with Gasteiger partial charge in [0.1, 0.15) is 0 Å². The first-order valence-corrected chi connectivity index (χ1v) is 9.12. The van der Waals surface area contributed by atoms with E-state index in [0.717, 1.165) is 12.5 Å². The van der Waals surface area contributed by atoms with Gasteiger partial charge in [0.05, 0.1) is 0 Å². The summed E-state index contributed by atoms with van der Waals surface area (Å²) in [6, 6.07) is 7.34. The molecule has 0 aliphatic carbocycles. The molecule has 1 N–H and O–H groups in total. The van der Waals surface area contributed by atoms with E-state index in [1.54, 1.807) is 0 Å². The lowest BCUT2D eigenvalue weighted by Gasteiger charge is -2.22. The Hall–Kier alpha value is -0.470. The summed E-state index contributed by atoms with van der Waals surface area (Å²) in [5, 5.41) is 3.72. The standard InChI is InChI=1S/C18H31NS/c1-6-10-19-18(13-20-12-14(3)7-2)17-9-8-15(4)11-16(17)5/h8-9,11,14,18-19H,6-7,10,12-13H2,1-5H3. The van der Waals surface area contributed by atoms with Crippen LogP contribution in [-0.2, 0) is 0 Å². The van der Waals surface area contributed by atoms with Crippen molar-refractivity contribution in [1.82, 2.24) is 5.32 Å². The molecule has 0 heterocycles. The fourth-order valence-electron chi connectivity index (χ4n) is 2.30. The molecular formula is C18H31NS. The van der Waals surface area contributed by atoms with Crippen LogP contribution < -0.4 is 5.32 Å². The van der Waals surface area contributed by atoms with Gasteiger partial charge in [-0.25, -0.2) is 0 Å². The Morgan fingerprint density at radius 2 is 1.90 bits per heavy atom. The second-order valence-corrected chi connectivity index (χ2v) is 6.99. The summed E-state index contributed by atoms with van der Waals surface area (Å²) in [7, 11) is 0. The minimum atomic E-state index is 0.490. The molecule has 0 bridgehead atoms. The van der Waals surface area contributed by atoms with Crippen molar-refractivity contribution in [3.8, 4) is 0 Å². The second-order valence-electron chi connectivity index (χ2n) is 5.92. The molecule has 0 aliphatic heterocycles. The van der Waals surface area contributed by atoms with Gasteiger partial charge >= 0.3 is 0 Å². The Morgan fingerprint density at radius 1 is 1.15 bits per heavy atom. The third kappa shape index (κ3) is 5.88. The lowest BCUT2D eigenvalue weighted by molar-refractivity contribution is 0.573. The van der Waals surface area contributed by atoms with Crippen LogP contribution in [0.5, 0.6) is 0 Å². The largest absolute Gasteiger partial charge is 0.309 e. The molecule has 0 aromatic heterocycles. The molecule has 0 spiro atoms. The van der Waals surface area contributed by atoms with Gasteiger partial charge in [-0.05, 0) is 49.6 Å². The van der Waals surface area contributed by atoms with Crippen molar-refractivity contribution in [2.24, 2.45) is 5.92 Å². The fourth-order valence-corrected chi connectivity index (χ4v) is 3.61. The van der Waals surface area contributed by atoms with Crippen molar-refractivity contribution in [2.45, 2.75) is 53.5 Å². The molecule has 2 heteroatoms. The van der Waals surface area contributed by atoms with E-state index in [4.69, 9.17) is 0 Å². The summed E-state index contributed by atoms with van der Waals surface area (Å²) in [5.74, 6) is 3.27. The minimum Gasteiger partial charge on any atom is -0.309 e. The number of hydrogen-bond acceptors (Lipinski definition) is 2. The van der Waals surface area contributed by atoms with Crippen molar-refractivity contribution in [3.05, 3.63) is 34.9 Å². The molecule has 1 aromatic rings. The van der Waals surface area contributed by atoms with Gasteiger partial charge in [-0.3, -0.25) is 0 Å². The molecule has 1 nitrogen and oxygen atoms in total. The van der Waals surface area contributed by atoms with Crippen molar-refractivity contribution < 1.29 is 0 Å². The second kappa shape index (κ2) is 9.46. The molecule has 1 rings (SSSR count). The van der Waals surface area contributed by atoms with Gasteiger partial charge in [-0.15, -0.1) is 0 Å². The lowest BCUT2D eigenvalue weighted by Crippen LogP contribution is -2.25. The Balaban J connectivity index is 2.67. The van der Waals surface area contributed by atoms with Crippen molar-refractivity contribution in [2.75, 3.05) is 18.1 Å². The normalized spacial score (nSPS) is 14.2. The summed E-state index contributed by atoms with van der Waals surface area (Å²) in [6.45, 7) is 12.4. The van der Waals surface area contributed by atoms with Gasteiger partial charge in [0, 0.05) is 11.8 Å². The van der Waals surface area contributed by atoms with Crippen molar-refractivity contribution in [3.63, 3.8) is 0 Å². The smallest absolute Gasteiger partial charge is 0.0414 e. The van der Waals surface area contributed by atoms with Crippen LogP contribution >= 0.6 is 11.8 Å². The van der Waals surface area contributed by atoms with Crippen molar-refractivity contribution in [1.29, 1.82) is 0 Å². The lowest BCUT2D eigenvalue weighted by atomic mass is 10.00. The average Bonchev–Trinajstić information content (AvgIpc) is 2.43. The van der Waals surface area contributed by atoms with Gasteiger partial charge < -0.3 is 5.32 Å². The topological polar surface area (TPSA) is 12.0 Å². The minimum absolute atomic E-state index is 0.490. The van der Waals surface area contributed by atoms with Gasteiger partial charge in [-0.1, -0.05) is 51.0 Å². The average molecular weight is 294 g/mol. The number of aryl methyl sites for hydroxylation is 2. The maximum absolute atomic E-state index is 3.72. The third-order valence-electron chi connectivity index (χ3n) is 3.83. The van der Waals surface area contributed by atoms with E-state index >= 15 is 0 Å². The van der Waals surface area contributed by atoms with Gasteiger partial charge in [0.2, 0.25) is 0 Å². The van der Waals surface area contributed by atoms with E-state index in [9.17, 15) is 0 Å². The number of hydrogen-bond donors (Lipinski definition) is 1. The Labute approximate surface area is 129 Å². The number of rotatable bonds is 9. The summed E-state index contributed by atoms with van der Waals surface area (Å²) in [5.41, 5.74) is 4.25. The summed E-state index contributed by atoms with van der Waals surface area (Å²) < 4.78 is 0. The van der Waals surface area contributed by atoms with Crippen LogP contribution in [0.4, 0.5) is 0 Å².